The van der Waals surface area contributed by atoms with E-state index in [1.165, 1.54) is 71.3 Å². The molecule has 0 aromatic heterocycles. The Labute approximate surface area is 188 Å². The van der Waals surface area contributed by atoms with Crippen LogP contribution in [0.5, 0.6) is 11.5 Å². The second-order valence-corrected chi connectivity index (χ2v) is 8.09. The standard InChI is InChI=1S/C26H42O5/c1-3-4-5-6-7-8-9-10-11-12-13-16-22-30-25(27)20-17-21-26(28)31-24-19-15-14-18-23(24)29-2/h14-15,18-19H,3-13,16-17,20-22H2,1-2H3. The van der Waals surface area contributed by atoms with Crippen molar-refractivity contribution in [1.82, 2.24) is 0 Å². The second-order valence-electron chi connectivity index (χ2n) is 8.09. The summed E-state index contributed by atoms with van der Waals surface area (Å²) in [7, 11) is 1.53. The zero-order chi connectivity index (χ0) is 22.6. The Morgan fingerprint density at radius 3 is 1.77 bits per heavy atom. The Morgan fingerprint density at radius 2 is 1.19 bits per heavy atom. The topological polar surface area (TPSA) is 61.8 Å². The highest BCUT2D eigenvalue weighted by molar-refractivity contribution is 5.74. The predicted molar refractivity (Wildman–Crippen MR) is 125 cm³/mol. The molecular formula is C26H42O5. The molecule has 1 aromatic rings. The van der Waals surface area contributed by atoms with Crippen LogP contribution in [0.3, 0.4) is 0 Å². The van der Waals surface area contributed by atoms with Crippen LogP contribution >= 0.6 is 0 Å². The molecule has 0 N–H and O–H groups in total. The minimum absolute atomic E-state index is 0.172. The summed E-state index contributed by atoms with van der Waals surface area (Å²) in [5, 5.41) is 0. The molecule has 0 atom stereocenters. The fourth-order valence-electron chi connectivity index (χ4n) is 3.46. The second kappa shape index (κ2) is 18.7. The molecule has 0 aliphatic heterocycles. The number of hydrogen-bond acceptors (Lipinski definition) is 5. The number of benzene rings is 1. The molecule has 1 rings (SSSR count). The van der Waals surface area contributed by atoms with Gasteiger partial charge in [-0.3, -0.25) is 9.59 Å². The highest BCUT2D eigenvalue weighted by Gasteiger charge is 2.11. The normalized spacial score (nSPS) is 10.6. The van der Waals surface area contributed by atoms with Gasteiger partial charge in [-0.05, 0) is 25.0 Å². The summed E-state index contributed by atoms with van der Waals surface area (Å²) in [6.07, 6.45) is 16.2. The summed E-state index contributed by atoms with van der Waals surface area (Å²) >= 11 is 0. The first-order valence-corrected chi connectivity index (χ1v) is 12.2. The summed E-state index contributed by atoms with van der Waals surface area (Å²) < 4.78 is 15.7. The van der Waals surface area contributed by atoms with E-state index in [4.69, 9.17) is 14.2 Å². The molecule has 0 unspecified atom stereocenters. The van der Waals surface area contributed by atoms with Crippen molar-refractivity contribution < 1.29 is 23.8 Å². The van der Waals surface area contributed by atoms with Gasteiger partial charge in [-0.2, -0.15) is 0 Å². The lowest BCUT2D eigenvalue weighted by Gasteiger charge is -2.08. The van der Waals surface area contributed by atoms with Crippen molar-refractivity contribution in [3.8, 4) is 11.5 Å². The van der Waals surface area contributed by atoms with E-state index in [0.29, 0.717) is 24.5 Å². The van der Waals surface area contributed by atoms with Gasteiger partial charge in [0.15, 0.2) is 11.5 Å². The first-order valence-electron chi connectivity index (χ1n) is 12.2. The van der Waals surface area contributed by atoms with Crippen LogP contribution in [0.4, 0.5) is 0 Å². The van der Waals surface area contributed by atoms with Gasteiger partial charge in [-0.25, -0.2) is 0 Å². The molecule has 5 nitrogen and oxygen atoms in total. The predicted octanol–water partition coefficient (Wildman–Crippen LogP) is 7.02. The smallest absolute Gasteiger partial charge is 0.311 e. The molecule has 0 aliphatic carbocycles. The number of carbonyl (C=O) groups excluding carboxylic acids is 2. The van der Waals surface area contributed by atoms with Crippen LogP contribution in [-0.2, 0) is 14.3 Å². The first kappa shape index (κ1) is 27.0. The minimum Gasteiger partial charge on any atom is -0.493 e. The average Bonchev–Trinajstić information content (AvgIpc) is 2.77. The fraction of sp³-hybridized carbons (Fsp3) is 0.692. The Balaban J connectivity index is 1.92. The maximum atomic E-state index is 11.9. The highest BCUT2D eigenvalue weighted by atomic mass is 16.6. The maximum Gasteiger partial charge on any atom is 0.311 e. The summed E-state index contributed by atoms with van der Waals surface area (Å²) in [6, 6.07) is 7.00. The lowest BCUT2D eigenvalue weighted by atomic mass is 10.1. The SMILES string of the molecule is CCCCCCCCCCCCCCOC(=O)CCCC(=O)Oc1ccccc1OC. The number of rotatable bonds is 19. The van der Waals surface area contributed by atoms with Crippen LogP contribution in [0, 0.1) is 0 Å². The molecule has 0 fully saturated rings. The van der Waals surface area contributed by atoms with Crippen LogP contribution in [0.15, 0.2) is 24.3 Å². The number of carbonyl (C=O) groups is 2. The van der Waals surface area contributed by atoms with E-state index in [1.54, 1.807) is 18.2 Å². The van der Waals surface area contributed by atoms with Gasteiger partial charge in [0, 0.05) is 12.8 Å². The molecule has 0 bridgehead atoms. The van der Waals surface area contributed by atoms with Crippen molar-refractivity contribution in [3.63, 3.8) is 0 Å². The van der Waals surface area contributed by atoms with Crippen LogP contribution in [0.2, 0.25) is 0 Å². The Hall–Kier alpha value is -2.04. The van der Waals surface area contributed by atoms with Crippen LogP contribution in [0.1, 0.15) is 103 Å². The number of ether oxygens (including phenoxy) is 3. The number of hydrogen-bond donors (Lipinski definition) is 0. The summed E-state index contributed by atoms with van der Waals surface area (Å²) in [5.41, 5.74) is 0. The molecule has 0 saturated heterocycles. The average molecular weight is 435 g/mol. The van der Waals surface area contributed by atoms with E-state index in [2.05, 4.69) is 6.92 Å². The molecule has 176 valence electrons. The van der Waals surface area contributed by atoms with Crippen molar-refractivity contribution in [2.24, 2.45) is 0 Å². The molecule has 0 radical (unpaired) electrons. The molecule has 0 spiro atoms. The largest absolute Gasteiger partial charge is 0.493 e. The van der Waals surface area contributed by atoms with Gasteiger partial charge in [0.1, 0.15) is 0 Å². The van der Waals surface area contributed by atoms with Gasteiger partial charge in [-0.1, -0.05) is 89.7 Å². The van der Waals surface area contributed by atoms with E-state index >= 15 is 0 Å². The molecular weight excluding hydrogens is 392 g/mol. The monoisotopic (exact) mass is 434 g/mol. The van der Waals surface area contributed by atoms with E-state index in [1.807, 2.05) is 6.07 Å². The van der Waals surface area contributed by atoms with Crippen molar-refractivity contribution >= 4 is 11.9 Å². The third kappa shape index (κ3) is 14.6. The summed E-state index contributed by atoms with van der Waals surface area (Å²) in [4.78, 5) is 23.7. The quantitative estimate of drug-likeness (QED) is 0.133. The third-order valence-corrected chi connectivity index (χ3v) is 5.32. The Morgan fingerprint density at radius 1 is 0.677 bits per heavy atom. The Kier molecular flexibility index (Phi) is 16.3. The van der Waals surface area contributed by atoms with Gasteiger partial charge in [-0.15, -0.1) is 0 Å². The highest BCUT2D eigenvalue weighted by Crippen LogP contribution is 2.26. The van der Waals surface area contributed by atoms with Crippen LogP contribution in [-0.4, -0.2) is 25.7 Å². The van der Waals surface area contributed by atoms with Crippen molar-refractivity contribution in [2.45, 2.75) is 103 Å². The first-order chi connectivity index (χ1) is 15.2. The van der Waals surface area contributed by atoms with Crippen LogP contribution in [0.25, 0.3) is 0 Å². The van der Waals surface area contributed by atoms with Crippen molar-refractivity contribution in [1.29, 1.82) is 0 Å². The fourth-order valence-corrected chi connectivity index (χ4v) is 3.46. The lowest BCUT2D eigenvalue weighted by molar-refractivity contribution is -0.144. The molecule has 0 amide bonds. The summed E-state index contributed by atoms with van der Waals surface area (Å²) in [5.74, 6) is 0.286. The van der Waals surface area contributed by atoms with Gasteiger partial charge in [0.05, 0.1) is 13.7 Å². The molecule has 31 heavy (non-hydrogen) atoms. The van der Waals surface area contributed by atoms with Crippen LogP contribution < -0.4 is 9.47 Å². The third-order valence-electron chi connectivity index (χ3n) is 5.32. The Bertz CT molecular complexity index is 599. The van der Waals surface area contributed by atoms with Gasteiger partial charge >= 0.3 is 11.9 Å². The van der Waals surface area contributed by atoms with E-state index in [9.17, 15) is 9.59 Å². The van der Waals surface area contributed by atoms with E-state index in [-0.39, 0.29) is 24.8 Å². The summed E-state index contributed by atoms with van der Waals surface area (Å²) in [6.45, 7) is 2.73. The van der Waals surface area contributed by atoms with Crippen molar-refractivity contribution in [3.05, 3.63) is 24.3 Å². The van der Waals surface area contributed by atoms with Gasteiger partial charge in [0.2, 0.25) is 0 Å². The molecule has 1 aromatic carbocycles. The number of para-hydroxylation sites is 2. The zero-order valence-electron chi connectivity index (χ0n) is 19.7. The number of unbranched alkanes of at least 4 members (excludes halogenated alkanes) is 11. The van der Waals surface area contributed by atoms with E-state index in [0.717, 1.165) is 12.8 Å². The lowest BCUT2D eigenvalue weighted by Crippen LogP contribution is -2.11. The molecule has 0 aliphatic rings. The maximum absolute atomic E-state index is 11.9. The molecule has 0 heterocycles. The number of methoxy groups -OCH3 is 1. The molecule has 5 heteroatoms. The van der Waals surface area contributed by atoms with E-state index < -0.39 is 0 Å². The zero-order valence-corrected chi connectivity index (χ0v) is 19.7. The molecule has 0 saturated carbocycles. The van der Waals surface area contributed by atoms with Gasteiger partial charge in [0.25, 0.3) is 0 Å². The minimum atomic E-state index is -0.377. The number of esters is 2. The van der Waals surface area contributed by atoms with Gasteiger partial charge < -0.3 is 14.2 Å². The van der Waals surface area contributed by atoms with Crippen molar-refractivity contribution in [2.75, 3.05) is 13.7 Å².